The van der Waals surface area contributed by atoms with Crippen molar-refractivity contribution in [1.29, 1.82) is 0 Å². The molecule has 1 aliphatic rings. The Balaban J connectivity index is 2.07. The first-order chi connectivity index (χ1) is 12.2. The van der Waals surface area contributed by atoms with Crippen LogP contribution in [0.1, 0.15) is 29.8 Å². The monoisotopic (exact) mass is 361 g/mol. The smallest absolute Gasteiger partial charge is 0.341 e. The Morgan fingerprint density at radius 2 is 2.04 bits per heavy atom. The van der Waals surface area contributed by atoms with E-state index in [1.165, 1.54) is 33.2 Å². The molecule has 1 aliphatic heterocycles. The average Bonchev–Trinajstić information content (AvgIpc) is 2.57. The fourth-order valence-electron chi connectivity index (χ4n) is 2.96. The van der Waals surface area contributed by atoms with Gasteiger partial charge in [0, 0.05) is 24.4 Å². The molecule has 1 aromatic carbocycles. The highest BCUT2D eigenvalue weighted by Gasteiger charge is 2.23. The number of pyridine rings is 1. The molecule has 0 fully saturated rings. The number of alkyl halides is 1. The number of rotatable bonds is 5. The Hall–Kier alpha value is -2.83. The van der Waals surface area contributed by atoms with Crippen molar-refractivity contribution in [3.8, 4) is 22.8 Å². The molecule has 26 heavy (non-hydrogen) atoms. The van der Waals surface area contributed by atoms with E-state index < -0.39 is 17.1 Å². The molecule has 0 spiro atoms. The first kappa shape index (κ1) is 18.0. The summed E-state index contributed by atoms with van der Waals surface area (Å²) < 4.78 is 26.4. The van der Waals surface area contributed by atoms with Gasteiger partial charge in [0.1, 0.15) is 17.8 Å². The summed E-state index contributed by atoms with van der Waals surface area (Å²) >= 11 is 0. The van der Waals surface area contributed by atoms with Crippen LogP contribution in [0, 0.1) is 0 Å². The number of ether oxygens (including phenoxy) is 2. The maximum absolute atomic E-state index is 13.7. The molecule has 0 aliphatic carbocycles. The Morgan fingerprint density at radius 3 is 2.65 bits per heavy atom. The van der Waals surface area contributed by atoms with Gasteiger partial charge >= 0.3 is 5.97 Å². The van der Waals surface area contributed by atoms with E-state index in [2.05, 4.69) is 0 Å². The quantitative estimate of drug-likeness (QED) is 0.886. The topological polar surface area (TPSA) is 77.8 Å². The van der Waals surface area contributed by atoms with Gasteiger partial charge < -0.3 is 19.1 Å². The summed E-state index contributed by atoms with van der Waals surface area (Å²) in [6.45, 7) is 3.28. The summed E-state index contributed by atoms with van der Waals surface area (Å²) in [5.41, 5.74) is 0.0452. The minimum atomic E-state index is -1.48. The Bertz CT molecular complexity index is 927. The first-order valence-electron chi connectivity index (χ1n) is 8.20. The van der Waals surface area contributed by atoms with Gasteiger partial charge in [0.05, 0.1) is 12.8 Å². The first-order valence-corrected chi connectivity index (χ1v) is 8.20. The minimum absolute atomic E-state index is 0.111. The molecule has 138 valence electrons. The van der Waals surface area contributed by atoms with Crippen LogP contribution in [0.15, 0.2) is 29.2 Å². The third-order valence-electron chi connectivity index (χ3n) is 4.22. The molecule has 6 nitrogen and oxygen atoms in total. The summed E-state index contributed by atoms with van der Waals surface area (Å²) in [7, 11) is 1.48. The lowest BCUT2D eigenvalue weighted by Crippen LogP contribution is -2.23. The highest BCUT2D eigenvalue weighted by atomic mass is 19.1. The molecule has 0 bridgehead atoms. The van der Waals surface area contributed by atoms with Crippen molar-refractivity contribution < 1.29 is 23.8 Å². The number of aromatic carboxylic acids is 1. The van der Waals surface area contributed by atoms with E-state index in [-0.39, 0.29) is 12.2 Å². The average molecular weight is 361 g/mol. The van der Waals surface area contributed by atoms with Gasteiger partial charge in [-0.2, -0.15) is 0 Å². The number of fused-ring (bicyclic) bond motifs is 3. The molecule has 1 N–H and O–H groups in total. The molecule has 0 unspecified atom stereocenters. The summed E-state index contributed by atoms with van der Waals surface area (Å²) in [5.74, 6) is -0.377. The molecular weight excluding hydrogens is 341 g/mol. The summed E-state index contributed by atoms with van der Waals surface area (Å²) in [6, 6.07) is 4.85. The van der Waals surface area contributed by atoms with Gasteiger partial charge in [-0.3, -0.25) is 4.79 Å². The number of aryl methyl sites for hydroxylation is 2. The molecule has 2 aromatic rings. The molecule has 0 saturated carbocycles. The zero-order valence-corrected chi connectivity index (χ0v) is 14.8. The van der Waals surface area contributed by atoms with E-state index in [0.717, 1.165) is 11.1 Å². The maximum atomic E-state index is 13.7. The second kappa shape index (κ2) is 6.48. The molecule has 1 aromatic heterocycles. The van der Waals surface area contributed by atoms with Crippen LogP contribution in [-0.4, -0.2) is 35.0 Å². The number of halogens is 1. The molecule has 0 saturated heterocycles. The predicted octanol–water partition coefficient (Wildman–Crippen LogP) is 2.91. The molecule has 3 rings (SSSR count). The zero-order valence-electron chi connectivity index (χ0n) is 14.8. The Morgan fingerprint density at radius 1 is 1.31 bits per heavy atom. The van der Waals surface area contributed by atoms with Crippen molar-refractivity contribution in [2.45, 2.75) is 32.5 Å². The number of nitrogens with zero attached hydrogens (tertiary/aromatic N) is 1. The molecule has 7 heteroatoms. The summed E-state index contributed by atoms with van der Waals surface area (Å²) in [6.07, 6.45) is 2.00. The fraction of sp³-hybridized carbons (Fsp3) is 0.368. The molecule has 0 atom stereocenters. The van der Waals surface area contributed by atoms with Crippen LogP contribution in [0.3, 0.4) is 0 Å². The number of aromatic nitrogens is 1. The van der Waals surface area contributed by atoms with Gasteiger partial charge in [-0.15, -0.1) is 0 Å². The fourth-order valence-corrected chi connectivity index (χ4v) is 2.96. The van der Waals surface area contributed by atoms with E-state index in [1.54, 1.807) is 16.7 Å². The summed E-state index contributed by atoms with van der Waals surface area (Å²) in [5, 5.41) is 9.13. The molecular formula is C19H20FNO5. The molecule has 0 amide bonds. The number of benzene rings is 1. The third kappa shape index (κ3) is 3.42. The van der Waals surface area contributed by atoms with Gasteiger partial charge in [-0.05, 0) is 38.0 Å². The predicted molar refractivity (Wildman–Crippen MR) is 94.0 cm³/mol. The highest BCUT2D eigenvalue weighted by molar-refractivity contribution is 5.87. The summed E-state index contributed by atoms with van der Waals surface area (Å²) in [4.78, 5) is 23.3. The number of carbonyl (C=O) groups is 1. The maximum Gasteiger partial charge on any atom is 0.341 e. The number of hydrogen-bond acceptors (Lipinski definition) is 4. The van der Waals surface area contributed by atoms with E-state index in [4.69, 9.17) is 14.6 Å². The second-order valence-corrected chi connectivity index (χ2v) is 6.85. The van der Waals surface area contributed by atoms with Gasteiger partial charge in [-0.25, -0.2) is 9.18 Å². The van der Waals surface area contributed by atoms with E-state index >= 15 is 0 Å². The third-order valence-corrected chi connectivity index (χ3v) is 4.22. The van der Waals surface area contributed by atoms with Crippen LogP contribution in [0.5, 0.6) is 11.5 Å². The van der Waals surface area contributed by atoms with Crippen LogP contribution in [-0.2, 0) is 13.0 Å². The number of hydrogen-bond donors (Lipinski definition) is 1. The normalized spacial score (nSPS) is 12.9. The van der Waals surface area contributed by atoms with Crippen LogP contribution in [0.25, 0.3) is 11.3 Å². The van der Waals surface area contributed by atoms with Gasteiger partial charge in [0.2, 0.25) is 0 Å². The van der Waals surface area contributed by atoms with Gasteiger partial charge in [0.25, 0.3) is 0 Å². The van der Waals surface area contributed by atoms with Crippen molar-refractivity contribution in [2.24, 2.45) is 0 Å². The van der Waals surface area contributed by atoms with Crippen molar-refractivity contribution in [3.05, 3.63) is 45.7 Å². The van der Waals surface area contributed by atoms with Crippen molar-refractivity contribution in [3.63, 3.8) is 0 Å². The largest absolute Gasteiger partial charge is 0.493 e. The SMILES string of the molecule is COc1cc2c(cc1OCC(C)(C)F)CCn1cc(C(=O)O)c(=O)cc1-2. The van der Waals surface area contributed by atoms with Gasteiger partial charge in [-0.1, -0.05) is 0 Å². The lowest BCUT2D eigenvalue weighted by molar-refractivity contribution is 0.0694. The Kier molecular flexibility index (Phi) is 4.48. The van der Waals surface area contributed by atoms with Crippen LogP contribution < -0.4 is 14.9 Å². The Labute approximate surface area is 149 Å². The van der Waals surface area contributed by atoms with Gasteiger partial charge in [0.15, 0.2) is 16.9 Å². The van der Waals surface area contributed by atoms with E-state index in [0.29, 0.717) is 30.2 Å². The van der Waals surface area contributed by atoms with E-state index in [1.807, 2.05) is 0 Å². The molecule has 0 radical (unpaired) electrons. The van der Waals surface area contributed by atoms with Crippen LogP contribution in [0.4, 0.5) is 4.39 Å². The van der Waals surface area contributed by atoms with E-state index in [9.17, 15) is 14.0 Å². The van der Waals surface area contributed by atoms with Crippen molar-refractivity contribution in [1.82, 2.24) is 4.57 Å². The lowest BCUT2D eigenvalue weighted by atomic mass is 9.96. The minimum Gasteiger partial charge on any atom is -0.493 e. The highest BCUT2D eigenvalue weighted by Crippen LogP contribution is 2.38. The lowest BCUT2D eigenvalue weighted by Gasteiger charge is -2.25. The zero-order chi connectivity index (χ0) is 19.1. The van der Waals surface area contributed by atoms with Crippen LogP contribution in [0.2, 0.25) is 0 Å². The number of carboxylic acids is 1. The number of methoxy groups -OCH3 is 1. The van der Waals surface area contributed by atoms with Crippen molar-refractivity contribution >= 4 is 5.97 Å². The molecule has 2 heterocycles. The van der Waals surface area contributed by atoms with Crippen molar-refractivity contribution in [2.75, 3.05) is 13.7 Å². The van der Waals surface area contributed by atoms with Crippen LogP contribution >= 0.6 is 0 Å². The second-order valence-electron chi connectivity index (χ2n) is 6.85. The number of carboxylic acid groups (broad SMARTS) is 1. The standard InChI is InChI=1S/C19H20FNO5/c1-19(2,20)10-26-17-6-11-4-5-21-9-13(18(23)24)15(22)8-14(21)12(11)7-16(17)25-3/h6-9H,4-5,10H2,1-3H3,(H,23,24).